The molecule has 30 heavy (non-hydrogen) atoms. The predicted molar refractivity (Wildman–Crippen MR) is 113 cm³/mol. The van der Waals surface area contributed by atoms with Gasteiger partial charge in [0.15, 0.2) is 5.58 Å². The van der Waals surface area contributed by atoms with E-state index in [0.717, 1.165) is 10.6 Å². The highest BCUT2D eigenvalue weighted by Crippen LogP contribution is 2.46. The molecule has 5 rings (SSSR count). The monoisotopic (exact) mass is 414 g/mol. The number of rotatable bonds is 4. The molecule has 1 N–H and O–H groups in total. The van der Waals surface area contributed by atoms with E-state index in [-0.39, 0.29) is 6.54 Å². The Morgan fingerprint density at radius 2 is 2.07 bits per heavy atom. The van der Waals surface area contributed by atoms with Gasteiger partial charge in [0.25, 0.3) is 0 Å². The molecule has 0 fully saturated rings. The van der Waals surface area contributed by atoms with Crippen molar-refractivity contribution < 1.29 is 14.3 Å². The van der Waals surface area contributed by atoms with Crippen LogP contribution in [-0.4, -0.2) is 27.2 Å². The molecule has 8 heteroatoms. The van der Waals surface area contributed by atoms with Gasteiger partial charge in [-0.3, -0.25) is 4.79 Å². The lowest BCUT2D eigenvalue weighted by atomic mass is 10.2. The average Bonchev–Trinajstić information content (AvgIpc) is 3.46. The third kappa shape index (κ3) is 3.21. The number of carboxylic acids is 1. The van der Waals surface area contributed by atoms with Crippen LogP contribution in [0.5, 0.6) is 0 Å². The third-order valence-electron chi connectivity index (χ3n) is 4.69. The number of thioether (sulfide) groups is 1. The second kappa shape index (κ2) is 7.13. The Balaban J connectivity index is 1.53. The smallest absolute Gasteiger partial charge is 0.323 e. The van der Waals surface area contributed by atoms with Crippen LogP contribution in [0.25, 0.3) is 22.9 Å². The van der Waals surface area contributed by atoms with E-state index < -0.39 is 5.97 Å². The van der Waals surface area contributed by atoms with E-state index in [1.165, 1.54) is 11.8 Å². The van der Waals surface area contributed by atoms with Gasteiger partial charge in [0.1, 0.15) is 12.1 Å². The van der Waals surface area contributed by atoms with E-state index in [4.69, 9.17) is 4.42 Å². The van der Waals surface area contributed by atoms with Crippen molar-refractivity contribution in [3.05, 3.63) is 77.4 Å². The maximum Gasteiger partial charge on any atom is 0.323 e. The highest BCUT2D eigenvalue weighted by atomic mass is 32.2. The minimum Gasteiger partial charge on any atom is -0.480 e. The Kier molecular flexibility index (Phi) is 4.30. The number of benzene rings is 2. The van der Waals surface area contributed by atoms with Crippen molar-refractivity contribution in [2.75, 3.05) is 11.4 Å². The Morgan fingerprint density at radius 3 is 2.83 bits per heavy atom. The van der Waals surface area contributed by atoms with Crippen molar-refractivity contribution >= 4 is 40.6 Å². The van der Waals surface area contributed by atoms with Crippen molar-refractivity contribution in [3.8, 4) is 11.8 Å². The van der Waals surface area contributed by atoms with Crippen LogP contribution in [0.2, 0.25) is 0 Å². The number of oxazole rings is 1. The fourth-order valence-electron chi connectivity index (χ4n) is 3.34. The number of nitriles is 1. The lowest BCUT2D eigenvalue weighted by molar-refractivity contribution is -0.135. The lowest BCUT2D eigenvalue weighted by Gasteiger charge is -2.17. The summed E-state index contributed by atoms with van der Waals surface area (Å²) in [5, 5.41) is 19.2. The molecule has 3 heterocycles. The summed E-state index contributed by atoms with van der Waals surface area (Å²) in [7, 11) is 0. The molecule has 0 saturated carbocycles. The number of anilines is 1. The maximum absolute atomic E-state index is 11.4. The van der Waals surface area contributed by atoms with Gasteiger partial charge in [-0.1, -0.05) is 11.8 Å². The molecule has 1 aliphatic heterocycles. The second-order valence-electron chi connectivity index (χ2n) is 6.65. The second-order valence-corrected chi connectivity index (χ2v) is 7.72. The SMILES string of the molecule is N#Cc1ccc2c(c1)N(CC(=O)O)/C(=C/c1nc3cc(-n4cccc4)ccc3o1)S2. The zero-order valence-corrected chi connectivity index (χ0v) is 16.3. The largest absolute Gasteiger partial charge is 0.480 e. The van der Waals surface area contributed by atoms with Crippen molar-refractivity contribution in [2.24, 2.45) is 0 Å². The van der Waals surface area contributed by atoms with Crippen LogP contribution in [0.15, 0.2) is 75.3 Å². The average molecular weight is 414 g/mol. The minimum absolute atomic E-state index is 0.223. The standard InChI is InChI=1S/C22H14N4O3S/c23-12-14-3-6-19-17(9-14)26(13-22(27)28)21(30-19)11-20-24-16-10-15(4-5-18(16)29-20)25-7-1-2-8-25/h1-11H,13H2,(H,27,28)/b21-11-. The molecule has 0 unspecified atom stereocenters. The molecule has 0 radical (unpaired) electrons. The Labute approximate surface area is 175 Å². The fraction of sp³-hybridized carbons (Fsp3) is 0.0455. The number of aliphatic carboxylic acids is 1. The quantitative estimate of drug-likeness (QED) is 0.526. The summed E-state index contributed by atoms with van der Waals surface area (Å²) >= 11 is 1.42. The normalized spacial score (nSPS) is 14.2. The summed E-state index contributed by atoms with van der Waals surface area (Å²) in [5.41, 5.74) is 3.50. The molecule has 2 aromatic carbocycles. The number of hydrogen-bond acceptors (Lipinski definition) is 6. The van der Waals surface area contributed by atoms with Crippen LogP contribution in [-0.2, 0) is 4.79 Å². The molecule has 0 saturated heterocycles. The molecule has 1 aliphatic rings. The van der Waals surface area contributed by atoms with Crippen molar-refractivity contribution in [3.63, 3.8) is 0 Å². The highest BCUT2D eigenvalue weighted by Gasteiger charge is 2.28. The summed E-state index contributed by atoms with van der Waals surface area (Å²) in [4.78, 5) is 18.5. The first-order chi connectivity index (χ1) is 14.6. The number of nitrogens with zero attached hydrogens (tertiary/aromatic N) is 4. The van der Waals surface area contributed by atoms with E-state index in [1.807, 2.05) is 53.4 Å². The summed E-state index contributed by atoms with van der Waals surface area (Å²) in [5.74, 6) is -0.577. The van der Waals surface area contributed by atoms with E-state index in [9.17, 15) is 15.2 Å². The molecule has 2 aromatic heterocycles. The maximum atomic E-state index is 11.4. The zero-order valence-electron chi connectivity index (χ0n) is 15.5. The first-order valence-corrected chi connectivity index (χ1v) is 9.89. The number of fused-ring (bicyclic) bond motifs is 2. The van der Waals surface area contributed by atoms with Gasteiger partial charge in [-0.05, 0) is 48.5 Å². The summed E-state index contributed by atoms with van der Waals surface area (Å²) < 4.78 is 7.85. The Hall–Kier alpha value is -3.96. The first kappa shape index (κ1) is 18.1. The summed E-state index contributed by atoms with van der Waals surface area (Å²) in [6, 6.07) is 17.0. The van der Waals surface area contributed by atoms with Crippen LogP contribution < -0.4 is 4.90 Å². The third-order valence-corrected chi connectivity index (χ3v) is 5.80. The van der Waals surface area contributed by atoms with E-state index in [0.29, 0.717) is 33.3 Å². The molecule has 0 atom stereocenters. The molecule has 0 bridgehead atoms. The van der Waals surface area contributed by atoms with Gasteiger partial charge in [-0.25, -0.2) is 4.98 Å². The van der Waals surface area contributed by atoms with Gasteiger partial charge < -0.3 is 19.0 Å². The number of aromatic nitrogens is 2. The molecular formula is C22H14N4O3S. The molecule has 0 amide bonds. The van der Waals surface area contributed by atoms with Gasteiger partial charge in [0.05, 0.1) is 22.3 Å². The Bertz CT molecular complexity index is 1350. The predicted octanol–water partition coefficient (Wildman–Crippen LogP) is 4.49. The Morgan fingerprint density at radius 1 is 1.23 bits per heavy atom. The van der Waals surface area contributed by atoms with E-state index in [2.05, 4.69) is 11.1 Å². The fourth-order valence-corrected chi connectivity index (χ4v) is 4.41. The highest BCUT2D eigenvalue weighted by molar-refractivity contribution is 8.03. The van der Waals surface area contributed by atoms with Crippen LogP contribution in [0.3, 0.4) is 0 Å². The number of hydrogen-bond donors (Lipinski definition) is 1. The topological polar surface area (TPSA) is 95.3 Å². The molecule has 0 aliphatic carbocycles. The van der Waals surface area contributed by atoms with Gasteiger partial charge in [0, 0.05) is 29.1 Å². The van der Waals surface area contributed by atoms with Gasteiger partial charge in [-0.15, -0.1) is 0 Å². The summed E-state index contributed by atoms with van der Waals surface area (Å²) in [6.07, 6.45) is 5.64. The molecule has 7 nitrogen and oxygen atoms in total. The zero-order chi connectivity index (χ0) is 20.7. The number of carboxylic acid groups (broad SMARTS) is 1. The van der Waals surface area contributed by atoms with Gasteiger partial charge in [-0.2, -0.15) is 5.26 Å². The van der Waals surface area contributed by atoms with E-state index >= 15 is 0 Å². The first-order valence-electron chi connectivity index (χ1n) is 9.08. The molecule has 0 spiro atoms. The van der Waals surface area contributed by atoms with Crippen molar-refractivity contribution in [2.45, 2.75) is 4.90 Å². The van der Waals surface area contributed by atoms with Gasteiger partial charge in [0.2, 0.25) is 5.89 Å². The van der Waals surface area contributed by atoms with Crippen LogP contribution in [0, 0.1) is 11.3 Å². The van der Waals surface area contributed by atoms with Crippen molar-refractivity contribution in [1.82, 2.24) is 9.55 Å². The number of carbonyl (C=O) groups is 1. The molecular weight excluding hydrogens is 400 g/mol. The molecule has 4 aromatic rings. The minimum atomic E-state index is -0.967. The van der Waals surface area contributed by atoms with Crippen LogP contribution in [0.4, 0.5) is 5.69 Å². The van der Waals surface area contributed by atoms with E-state index in [1.54, 1.807) is 23.1 Å². The van der Waals surface area contributed by atoms with Gasteiger partial charge >= 0.3 is 5.97 Å². The summed E-state index contributed by atoms with van der Waals surface area (Å²) in [6.45, 7) is -0.223. The lowest BCUT2D eigenvalue weighted by Crippen LogP contribution is -2.25. The van der Waals surface area contributed by atoms with Crippen molar-refractivity contribution in [1.29, 1.82) is 5.26 Å². The van der Waals surface area contributed by atoms with Crippen LogP contribution in [0.1, 0.15) is 11.5 Å². The van der Waals surface area contributed by atoms with Crippen LogP contribution >= 0.6 is 11.8 Å². The molecule has 146 valence electrons.